The average molecular weight is 639 g/mol. The van der Waals surface area contributed by atoms with Crippen molar-refractivity contribution in [2.75, 3.05) is 172 Å². The third-order valence-electron chi connectivity index (χ3n) is 4.68. The Bertz CT molecular complexity index is 613. The van der Waals surface area contributed by atoms with E-state index in [-0.39, 0.29) is 13.2 Å². The Hall–Kier alpha value is -0.570. The van der Waals surface area contributed by atoms with Crippen molar-refractivity contribution in [3.63, 3.8) is 0 Å². The van der Waals surface area contributed by atoms with Gasteiger partial charge >= 0.3 is 0 Å². The molecule has 0 N–H and O–H groups in total. The maximum atomic E-state index is 10.8. The molecule has 0 radical (unpaired) electrons. The molecule has 15 nitrogen and oxygen atoms in total. The van der Waals surface area contributed by atoms with E-state index < -0.39 is 10.1 Å². The molecule has 0 unspecified atom stereocenters. The van der Waals surface area contributed by atoms with Gasteiger partial charge in [-0.1, -0.05) is 0 Å². The number of methoxy groups -OCH3 is 1. The maximum absolute atomic E-state index is 10.8. The summed E-state index contributed by atoms with van der Waals surface area (Å²) in [5.74, 6) is 0. The number of hydrogen-bond acceptors (Lipinski definition) is 15. The first-order valence-electron chi connectivity index (χ1n) is 14.2. The molecule has 0 fully saturated rings. The van der Waals surface area contributed by atoms with Crippen molar-refractivity contribution in [2.24, 2.45) is 0 Å². The molecule has 16 heteroatoms. The van der Waals surface area contributed by atoms with Crippen molar-refractivity contribution in [3.05, 3.63) is 0 Å². The third-order valence-corrected chi connectivity index (χ3v) is 5.27. The van der Waals surface area contributed by atoms with Crippen LogP contribution in [0.5, 0.6) is 0 Å². The third kappa shape index (κ3) is 39.4. The summed E-state index contributed by atoms with van der Waals surface area (Å²) >= 11 is 0. The van der Waals surface area contributed by atoms with Crippen LogP contribution in [0.2, 0.25) is 0 Å². The van der Waals surface area contributed by atoms with E-state index in [1.807, 2.05) is 0 Å². The largest absolute Gasteiger partial charge is 0.382 e. The van der Waals surface area contributed by atoms with Crippen molar-refractivity contribution in [1.82, 2.24) is 0 Å². The van der Waals surface area contributed by atoms with E-state index >= 15 is 0 Å². The molecule has 0 aromatic carbocycles. The van der Waals surface area contributed by atoms with Gasteiger partial charge in [-0.15, -0.1) is 0 Å². The summed E-state index contributed by atoms with van der Waals surface area (Å²) in [7, 11) is -1.78. The van der Waals surface area contributed by atoms with Gasteiger partial charge in [0.1, 0.15) is 0 Å². The zero-order valence-electron chi connectivity index (χ0n) is 25.5. The maximum Gasteiger partial charge on any atom is 0.264 e. The molecule has 0 saturated carbocycles. The molecule has 0 spiro atoms. The first-order valence-corrected chi connectivity index (χ1v) is 16.1. The van der Waals surface area contributed by atoms with Crippen LogP contribution in [0.4, 0.5) is 0 Å². The van der Waals surface area contributed by atoms with E-state index in [0.717, 1.165) is 6.26 Å². The van der Waals surface area contributed by atoms with E-state index in [2.05, 4.69) is 4.18 Å². The summed E-state index contributed by atoms with van der Waals surface area (Å²) in [4.78, 5) is 0. The molecule has 254 valence electrons. The summed E-state index contributed by atoms with van der Waals surface area (Å²) in [6.45, 7) is 11.0. The van der Waals surface area contributed by atoms with Crippen molar-refractivity contribution < 1.29 is 69.4 Å². The van der Waals surface area contributed by atoms with E-state index in [0.29, 0.717) is 145 Å². The molecule has 0 aliphatic rings. The predicted octanol–water partition coefficient (Wildman–Crippen LogP) is -0.208. The smallest absolute Gasteiger partial charge is 0.264 e. The zero-order chi connectivity index (χ0) is 30.7. The number of hydrogen-bond donors (Lipinski definition) is 0. The van der Waals surface area contributed by atoms with Crippen LogP contribution < -0.4 is 0 Å². The van der Waals surface area contributed by atoms with Gasteiger partial charge in [0.2, 0.25) is 0 Å². The lowest BCUT2D eigenvalue weighted by atomic mass is 10.6. The highest BCUT2D eigenvalue weighted by Crippen LogP contribution is 1.89. The van der Waals surface area contributed by atoms with E-state index in [9.17, 15) is 8.42 Å². The Morgan fingerprint density at radius 3 is 0.643 bits per heavy atom. The zero-order valence-corrected chi connectivity index (χ0v) is 26.3. The second-order valence-corrected chi connectivity index (χ2v) is 9.90. The van der Waals surface area contributed by atoms with Gasteiger partial charge in [0.25, 0.3) is 10.1 Å². The first-order chi connectivity index (χ1) is 20.6. The van der Waals surface area contributed by atoms with Crippen molar-refractivity contribution in [2.45, 2.75) is 0 Å². The lowest BCUT2D eigenvalue weighted by Crippen LogP contribution is -2.15. The molecule has 0 aromatic heterocycles. The average Bonchev–Trinajstić information content (AvgIpc) is 2.96. The lowest BCUT2D eigenvalue weighted by molar-refractivity contribution is -0.0282. The van der Waals surface area contributed by atoms with Crippen LogP contribution in [0.1, 0.15) is 0 Å². The van der Waals surface area contributed by atoms with Gasteiger partial charge in [-0.2, -0.15) is 8.42 Å². The minimum Gasteiger partial charge on any atom is -0.382 e. The highest BCUT2D eigenvalue weighted by atomic mass is 32.2. The van der Waals surface area contributed by atoms with Crippen LogP contribution >= 0.6 is 0 Å². The molecule has 0 bridgehead atoms. The quantitative estimate of drug-likeness (QED) is 0.0651. The standard InChI is InChI=1S/C26H54O15S/c1-29-3-4-30-5-6-31-7-8-32-9-10-33-11-12-34-13-14-35-15-16-36-17-18-37-19-20-38-21-22-39-23-24-40-25-26-41-42(2,27)28/h3-26H2,1-2H3. The molecule has 0 atom stereocenters. The second kappa shape index (κ2) is 34.9. The predicted molar refractivity (Wildman–Crippen MR) is 152 cm³/mol. The molecular formula is C26H54O15S. The SMILES string of the molecule is COCCOCCOCCOCCOCCOCCOCCOCCOCCOCCOCCOCCOS(C)(=O)=O. The first kappa shape index (κ1) is 41.4. The van der Waals surface area contributed by atoms with Crippen LogP contribution in [0, 0.1) is 0 Å². The number of rotatable bonds is 37. The van der Waals surface area contributed by atoms with Crippen LogP contribution in [-0.4, -0.2) is 180 Å². The van der Waals surface area contributed by atoms with Crippen molar-refractivity contribution >= 4 is 10.1 Å². The minimum atomic E-state index is -3.42. The molecule has 0 aliphatic heterocycles. The van der Waals surface area contributed by atoms with Gasteiger partial charge in [-0.25, -0.2) is 0 Å². The fourth-order valence-electron chi connectivity index (χ4n) is 2.69. The molecule has 0 rings (SSSR count). The van der Waals surface area contributed by atoms with Crippen LogP contribution in [0.15, 0.2) is 0 Å². The topological polar surface area (TPSA) is 154 Å². The second-order valence-electron chi connectivity index (χ2n) is 8.25. The van der Waals surface area contributed by atoms with Gasteiger partial charge in [0.15, 0.2) is 0 Å². The summed E-state index contributed by atoms with van der Waals surface area (Å²) in [5, 5.41) is 0. The van der Waals surface area contributed by atoms with Gasteiger partial charge in [-0.05, 0) is 0 Å². The van der Waals surface area contributed by atoms with E-state index in [1.54, 1.807) is 7.11 Å². The van der Waals surface area contributed by atoms with Gasteiger partial charge in [0, 0.05) is 7.11 Å². The van der Waals surface area contributed by atoms with Crippen molar-refractivity contribution in [1.29, 1.82) is 0 Å². The molecular weight excluding hydrogens is 584 g/mol. The molecule has 0 aromatic rings. The summed E-state index contributed by atoms with van der Waals surface area (Å²) in [6, 6.07) is 0. The van der Waals surface area contributed by atoms with Crippen LogP contribution in [-0.2, 0) is 71.1 Å². The molecule has 0 amide bonds. The summed E-state index contributed by atoms with van der Waals surface area (Å²) in [6.07, 6.45) is 0.995. The Balaban J connectivity index is 3.05. The molecule has 42 heavy (non-hydrogen) atoms. The normalized spacial score (nSPS) is 12.0. The minimum absolute atomic E-state index is 0.00207. The Labute approximate surface area is 251 Å². The Morgan fingerprint density at radius 1 is 0.310 bits per heavy atom. The van der Waals surface area contributed by atoms with E-state index in [4.69, 9.17) is 56.8 Å². The lowest BCUT2D eigenvalue weighted by Gasteiger charge is -2.09. The van der Waals surface area contributed by atoms with Gasteiger partial charge < -0.3 is 56.8 Å². The Kier molecular flexibility index (Phi) is 34.4. The van der Waals surface area contributed by atoms with Crippen molar-refractivity contribution in [3.8, 4) is 0 Å². The summed E-state index contributed by atoms with van der Waals surface area (Å²) < 4.78 is 90.2. The highest BCUT2D eigenvalue weighted by Gasteiger charge is 2.00. The molecule has 0 heterocycles. The Morgan fingerprint density at radius 2 is 0.476 bits per heavy atom. The van der Waals surface area contributed by atoms with Crippen LogP contribution in [0.3, 0.4) is 0 Å². The van der Waals surface area contributed by atoms with Gasteiger partial charge in [-0.3, -0.25) is 4.18 Å². The van der Waals surface area contributed by atoms with E-state index in [1.165, 1.54) is 0 Å². The summed E-state index contributed by atoms with van der Waals surface area (Å²) in [5.41, 5.74) is 0. The fraction of sp³-hybridized carbons (Fsp3) is 1.00. The highest BCUT2D eigenvalue weighted by molar-refractivity contribution is 7.85. The van der Waals surface area contributed by atoms with Gasteiger partial charge in [0.05, 0.1) is 165 Å². The van der Waals surface area contributed by atoms with Crippen LogP contribution in [0.25, 0.3) is 0 Å². The monoisotopic (exact) mass is 638 g/mol. The fourth-order valence-corrected chi connectivity index (χ4v) is 3.06. The molecule has 0 aliphatic carbocycles. The number of ether oxygens (including phenoxy) is 12. The molecule has 0 saturated heterocycles.